The standard InChI is InChI=1S/C18H23N3O3/c1-4-7-20-17(22)15-9-13-12-8-11(24-3)5-6-14(12)19-16(13)10(2)21(15)18(20)23/h5-6,8,10,15,17,19,22H,4,7,9H2,1-3H3. The number of H-pyrrole nitrogens is 1. The number of amides is 2. The van der Waals surface area contributed by atoms with E-state index in [0.29, 0.717) is 13.0 Å². The molecule has 0 bridgehead atoms. The van der Waals surface area contributed by atoms with Gasteiger partial charge in [0, 0.05) is 23.1 Å². The summed E-state index contributed by atoms with van der Waals surface area (Å²) in [4.78, 5) is 19.6. The number of carbonyl (C=O) groups is 1. The zero-order valence-electron chi connectivity index (χ0n) is 14.2. The molecule has 0 aliphatic carbocycles. The summed E-state index contributed by atoms with van der Waals surface area (Å²) in [5, 5.41) is 11.8. The van der Waals surface area contributed by atoms with Gasteiger partial charge in [-0.15, -0.1) is 0 Å². The van der Waals surface area contributed by atoms with Gasteiger partial charge >= 0.3 is 6.03 Å². The van der Waals surface area contributed by atoms with E-state index in [-0.39, 0.29) is 18.1 Å². The number of aromatic amines is 1. The minimum atomic E-state index is -0.747. The number of urea groups is 1. The van der Waals surface area contributed by atoms with Crippen molar-refractivity contribution in [1.82, 2.24) is 14.8 Å². The fraction of sp³-hybridized carbons (Fsp3) is 0.500. The number of aliphatic hydroxyl groups is 1. The number of nitrogens with zero attached hydrogens (tertiary/aromatic N) is 2. The van der Waals surface area contributed by atoms with E-state index >= 15 is 0 Å². The van der Waals surface area contributed by atoms with E-state index in [9.17, 15) is 9.90 Å². The third-order valence-electron chi connectivity index (χ3n) is 5.35. The fourth-order valence-corrected chi connectivity index (χ4v) is 4.18. The third kappa shape index (κ3) is 1.95. The lowest BCUT2D eigenvalue weighted by molar-refractivity contribution is 0.0260. The summed E-state index contributed by atoms with van der Waals surface area (Å²) in [7, 11) is 1.66. The van der Waals surface area contributed by atoms with Gasteiger partial charge in [-0.3, -0.25) is 4.90 Å². The third-order valence-corrected chi connectivity index (χ3v) is 5.35. The van der Waals surface area contributed by atoms with Gasteiger partial charge < -0.3 is 19.7 Å². The van der Waals surface area contributed by atoms with Crippen LogP contribution in [0.1, 0.15) is 37.6 Å². The van der Waals surface area contributed by atoms with Gasteiger partial charge in [-0.1, -0.05) is 6.92 Å². The topological polar surface area (TPSA) is 68.8 Å². The highest BCUT2D eigenvalue weighted by Gasteiger charge is 2.50. The lowest BCUT2D eigenvalue weighted by atomic mass is 9.93. The highest BCUT2D eigenvalue weighted by molar-refractivity contribution is 5.88. The second-order valence-electron chi connectivity index (χ2n) is 6.67. The molecule has 2 amide bonds. The van der Waals surface area contributed by atoms with Gasteiger partial charge in [-0.05, 0) is 43.5 Å². The van der Waals surface area contributed by atoms with Crippen LogP contribution in [0.3, 0.4) is 0 Å². The van der Waals surface area contributed by atoms with Crippen LogP contribution in [0.15, 0.2) is 18.2 Å². The maximum absolute atomic E-state index is 12.7. The highest BCUT2D eigenvalue weighted by atomic mass is 16.5. The monoisotopic (exact) mass is 329 g/mol. The Hall–Kier alpha value is -2.21. The van der Waals surface area contributed by atoms with Gasteiger partial charge in [0.15, 0.2) is 6.23 Å². The first-order valence-corrected chi connectivity index (χ1v) is 8.52. The molecule has 1 fully saturated rings. The minimum Gasteiger partial charge on any atom is -0.497 e. The Bertz CT molecular complexity index is 800. The van der Waals surface area contributed by atoms with Crippen LogP contribution in [-0.2, 0) is 6.42 Å². The summed E-state index contributed by atoms with van der Waals surface area (Å²) < 4.78 is 5.35. The summed E-state index contributed by atoms with van der Waals surface area (Å²) in [6, 6.07) is 5.62. The second-order valence-corrected chi connectivity index (χ2v) is 6.67. The van der Waals surface area contributed by atoms with Crippen molar-refractivity contribution < 1.29 is 14.6 Å². The van der Waals surface area contributed by atoms with Crippen LogP contribution in [0.2, 0.25) is 0 Å². The Morgan fingerprint density at radius 3 is 2.92 bits per heavy atom. The summed E-state index contributed by atoms with van der Waals surface area (Å²) in [6.45, 7) is 4.63. The van der Waals surface area contributed by atoms with Gasteiger partial charge in [0.25, 0.3) is 0 Å². The molecule has 3 unspecified atom stereocenters. The SMILES string of the molecule is CCCN1C(=O)N2C(C)c3[nH]c4ccc(OC)cc4c3CC2C1O. The van der Waals surface area contributed by atoms with Crippen LogP contribution < -0.4 is 4.74 Å². The van der Waals surface area contributed by atoms with Crippen LogP contribution in [0.4, 0.5) is 4.79 Å². The number of ether oxygens (including phenoxy) is 1. The van der Waals surface area contributed by atoms with Crippen molar-refractivity contribution in [1.29, 1.82) is 0 Å². The molecular formula is C18H23N3O3. The van der Waals surface area contributed by atoms with Gasteiger partial charge in [0.2, 0.25) is 0 Å². The van der Waals surface area contributed by atoms with Crippen molar-refractivity contribution in [2.24, 2.45) is 0 Å². The lowest BCUT2D eigenvalue weighted by Crippen LogP contribution is -2.43. The number of hydrogen-bond donors (Lipinski definition) is 2. The molecule has 6 heteroatoms. The van der Waals surface area contributed by atoms with Crippen molar-refractivity contribution in [3.63, 3.8) is 0 Å². The lowest BCUT2D eigenvalue weighted by Gasteiger charge is -2.35. The van der Waals surface area contributed by atoms with E-state index in [2.05, 4.69) is 4.98 Å². The van der Waals surface area contributed by atoms with Gasteiger partial charge in [-0.2, -0.15) is 0 Å². The van der Waals surface area contributed by atoms with E-state index in [1.165, 1.54) is 5.56 Å². The van der Waals surface area contributed by atoms with Crippen molar-refractivity contribution in [3.05, 3.63) is 29.5 Å². The summed E-state index contributed by atoms with van der Waals surface area (Å²) >= 11 is 0. The maximum atomic E-state index is 12.7. The number of aromatic nitrogens is 1. The van der Waals surface area contributed by atoms with Crippen LogP contribution in [0.25, 0.3) is 10.9 Å². The number of carbonyl (C=O) groups excluding carboxylic acids is 1. The molecule has 2 aromatic rings. The predicted molar refractivity (Wildman–Crippen MR) is 91.0 cm³/mol. The number of nitrogens with one attached hydrogen (secondary N) is 1. The molecule has 2 N–H and O–H groups in total. The molecule has 0 saturated carbocycles. The minimum absolute atomic E-state index is 0.0660. The Balaban J connectivity index is 1.80. The number of benzene rings is 1. The van der Waals surface area contributed by atoms with E-state index in [0.717, 1.165) is 28.8 Å². The van der Waals surface area contributed by atoms with E-state index < -0.39 is 6.23 Å². The van der Waals surface area contributed by atoms with Crippen LogP contribution in [0, 0.1) is 0 Å². The Kier molecular flexibility index (Phi) is 3.46. The number of methoxy groups -OCH3 is 1. The van der Waals surface area contributed by atoms with E-state index in [4.69, 9.17) is 4.74 Å². The molecule has 6 nitrogen and oxygen atoms in total. The molecule has 128 valence electrons. The first-order chi connectivity index (χ1) is 11.6. The molecule has 2 aliphatic rings. The first-order valence-electron chi connectivity index (χ1n) is 8.52. The molecule has 4 rings (SSSR count). The van der Waals surface area contributed by atoms with Gasteiger partial charge in [0.05, 0.1) is 19.2 Å². The highest BCUT2D eigenvalue weighted by Crippen LogP contribution is 2.42. The summed E-state index contributed by atoms with van der Waals surface area (Å²) in [6.07, 6.45) is 0.743. The normalized spacial score (nSPS) is 26.0. The first kappa shape index (κ1) is 15.3. The van der Waals surface area contributed by atoms with Crippen molar-refractivity contribution >= 4 is 16.9 Å². The average molecular weight is 329 g/mol. The molecule has 0 radical (unpaired) electrons. The molecule has 2 aliphatic heterocycles. The number of aliphatic hydroxyl groups excluding tert-OH is 1. The quantitative estimate of drug-likeness (QED) is 0.909. The largest absolute Gasteiger partial charge is 0.497 e. The van der Waals surface area contributed by atoms with Crippen LogP contribution >= 0.6 is 0 Å². The summed E-state index contributed by atoms with van der Waals surface area (Å²) in [5.74, 6) is 0.815. The Labute approximate surface area is 141 Å². The van der Waals surface area contributed by atoms with Crippen molar-refractivity contribution in [2.75, 3.05) is 13.7 Å². The van der Waals surface area contributed by atoms with Crippen molar-refractivity contribution in [3.8, 4) is 5.75 Å². The molecule has 1 aromatic heterocycles. The Morgan fingerprint density at radius 1 is 1.42 bits per heavy atom. The molecule has 1 saturated heterocycles. The molecule has 0 spiro atoms. The zero-order chi connectivity index (χ0) is 17.0. The zero-order valence-corrected chi connectivity index (χ0v) is 14.2. The molecule has 1 aromatic carbocycles. The fourth-order valence-electron chi connectivity index (χ4n) is 4.18. The van der Waals surface area contributed by atoms with Crippen LogP contribution in [-0.4, -0.2) is 51.8 Å². The van der Waals surface area contributed by atoms with Gasteiger partial charge in [-0.25, -0.2) is 4.79 Å². The maximum Gasteiger partial charge on any atom is 0.323 e. The van der Waals surface area contributed by atoms with E-state index in [1.54, 1.807) is 12.0 Å². The van der Waals surface area contributed by atoms with Crippen LogP contribution in [0.5, 0.6) is 5.75 Å². The van der Waals surface area contributed by atoms with Gasteiger partial charge in [0.1, 0.15) is 5.75 Å². The molecule has 24 heavy (non-hydrogen) atoms. The second kappa shape index (κ2) is 5.41. The van der Waals surface area contributed by atoms with Crippen molar-refractivity contribution in [2.45, 2.75) is 45.0 Å². The Morgan fingerprint density at radius 2 is 2.21 bits per heavy atom. The average Bonchev–Trinajstić information content (AvgIpc) is 3.06. The molecule has 3 atom stereocenters. The summed E-state index contributed by atoms with van der Waals surface area (Å²) in [5.41, 5.74) is 3.29. The predicted octanol–water partition coefficient (Wildman–Crippen LogP) is 2.63. The molecular weight excluding hydrogens is 306 g/mol. The van der Waals surface area contributed by atoms with E-state index in [1.807, 2.05) is 36.9 Å². The molecule has 3 heterocycles. The number of hydrogen-bond acceptors (Lipinski definition) is 3. The number of fused-ring (bicyclic) bond motifs is 4. The smallest absolute Gasteiger partial charge is 0.323 e. The number of rotatable bonds is 3.